The molecule has 2 nitrogen and oxygen atoms in total. The molecule has 1 heterocycles. The van der Waals surface area contributed by atoms with E-state index in [9.17, 15) is 0 Å². The molecule has 0 aliphatic carbocycles. The minimum absolute atomic E-state index is 0.139. The molecular weight excluding hydrogens is 163 g/mol. The maximum absolute atomic E-state index is 5.45. The summed E-state index contributed by atoms with van der Waals surface area (Å²) in [5.74, 6) is 0. The van der Waals surface area contributed by atoms with Crippen LogP contribution in [-0.2, 0) is 9.31 Å². The zero-order valence-corrected chi connectivity index (χ0v) is 8.04. The van der Waals surface area contributed by atoms with Crippen molar-refractivity contribution in [3.63, 3.8) is 0 Å². The van der Waals surface area contributed by atoms with Gasteiger partial charge in [0.2, 0.25) is 0 Å². The average molecular weight is 176 g/mol. The molecular formula is C10H13BO2. The average Bonchev–Trinajstić information content (AvgIpc) is 2.62. The second-order valence-electron chi connectivity index (χ2n) is 3.36. The van der Waals surface area contributed by atoms with Gasteiger partial charge < -0.3 is 9.31 Å². The van der Waals surface area contributed by atoms with Gasteiger partial charge >= 0.3 is 7.12 Å². The van der Waals surface area contributed by atoms with Crippen LogP contribution in [0.25, 0.3) is 0 Å². The summed E-state index contributed by atoms with van der Waals surface area (Å²) in [6.07, 6.45) is 0. The maximum Gasteiger partial charge on any atom is 0.494 e. The molecule has 1 aromatic carbocycles. The Morgan fingerprint density at radius 1 is 1.15 bits per heavy atom. The molecule has 1 aliphatic rings. The SMILES string of the molecule is Cc1cccc(B2OCCO2)c1C. The van der Waals surface area contributed by atoms with Crippen molar-refractivity contribution in [1.82, 2.24) is 0 Å². The van der Waals surface area contributed by atoms with Gasteiger partial charge in [0, 0.05) is 0 Å². The molecule has 3 heteroatoms. The molecule has 0 unspecified atom stereocenters. The van der Waals surface area contributed by atoms with E-state index in [1.54, 1.807) is 0 Å². The Balaban J connectivity index is 2.33. The van der Waals surface area contributed by atoms with E-state index in [0.717, 1.165) is 5.46 Å². The van der Waals surface area contributed by atoms with E-state index in [1.165, 1.54) is 11.1 Å². The fourth-order valence-corrected chi connectivity index (χ4v) is 1.57. The van der Waals surface area contributed by atoms with E-state index in [2.05, 4.69) is 26.0 Å². The molecule has 1 fully saturated rings. The summed E-state index contributed by atoms with van der Waals surface area (Å²) >= 11 is 0. The lowest BCUT2D eigenvalue weighted by atomic mass is 9.75. The molecule has 0 bridgehead atoms. The van der Waals surface area contributed by atoms with E-state index in [4.69, 9.17) is 9.31 Å². The topological polar surface area (TPSA) is 18.5 Å². The number of benzene rings is 1. The first-order chi connectivity index (χ1) is 6.29. The van der Waals surface area contributed by atoms with Crippen LogP contribution in [-0.4, -0.2) is 20.3 Å². The highest BCUT2D eigenvalue weighted by molar-refractivity contribution is 6.62. The molecule has 13 heavy (non-hydrogen) atoms. The van der Waals surface area contributed by atoms with Crippen LogP contribution in [0.15, 0.2) is 18.2 Å². The lowest BCUT2D eigenvalue weighted by molar-refractivity contribution is 0.365. The van der Waals surface area contributed by atoms with Gasteiger partial charge in [0.25, 0.3) is 0 Å². The zero-order valence-electron chi connectivity index (χ0n) is 8.04. The minimum atomic E-state index is -0.139. The van der Waals surface area contributed by atoms with Gasteiger partial charge in [-0.1, -0.05) is 18.2 Å². The first-order valence-electron chi connectivity index (χ1n) is 4.58. The second kappa shape index (κ2) is 3.52. The number of aryl methyl sites for hydroxylation is 1. The fraction of sp³-hybridized carbons (Fsp3) is 0.400. The molecule has 1 aromatic rings. The van der Waals surface area contributed by atoms with Crippen molar-refractivity contribution in [2.75, 3.05) is 13.2 Å². The zero-order chi connectivity index (χ0) is 9.26. The standard InChI is InChI=1S/C10H13BO2/c1-8-4-3-5-10(9(8)2)11-12-6-7-13-11/h3-5H,6-7H2,1-2H3. The molecule has 0 radical (unpaired) electrons. The summed E-state index contributed by atoms with van der Waals surface area (Å²) in [4.78, 5) is 0. The van der Waals surface area contributed by atoms with Gasteiger partial charge in [-0.25, -0.2) is 0 Å². The maximum atomic E-state index is 5.45. The predicted molar refractivity (Wildman–Crippen MR) is 53.2 cm³/mol. The molecule has 0 N–H and O–H groups in total. The first-order valence-corrected chi connectivity index (χ1v) is 4.58. The molecule has 2 rings (SSSR count). The Labute approximate surface area is 79.0 Å². The number of hydrogen-bond acceptors (Lipinski definition) is 2. The molecule has 0 amide bonds. The summed E-state index contributed by atoms with van der Waals surface area (Å²) < 4.78 is 10.9. The highest BCUT2D eigenvalue weighted by Crippen LogP contribution is 2.07. The predicted octanol–water partition coefficient (Wildman–Crippen LogP) is 1.05. The monoisotopic (exact) mass is 176 g/mol. The Bertz CT molecular complexity index is 306. The van der Waals surface area contributed by atoms with E-state index in [1.807, 2.05) is 6.07 Å². The van der Waals surface area contributed by atoms with Crippen molar-refractivity contribution in [3.05, 3.63) is 29.3 Å². The van der Waals surface area contributed by atoms with Crippen LogP contribution in [0.4, 0.5) is 0 Å². The Morgan fingerprint density at radius 3 is 2.54 bits per heavy atom. The lowest BCUT2D eigenvalue weighted by Gasteiger charge is -2.09. The molecule has 0 spiro atoms. The highest BCUT2D eigenvalue weighted by atomic mass is 16.6. The van der Waals surface area contributed by atoms with Crippen LogP contribution in [0.3, 0.4) is 0 Å². The smallest absolute Gasteiger partial charge is 0.405 e. The first kappa shape index (κ1) is 8.79. The third-order valence-electron chi connectivity index (χ3n) is 2.52. The molecule has 0 aromatic heterocycles. The quantitative estimate of drug-likeness (QED) is 0.595. The number of hydrogen-bond donors (Lipinski definition) is 0. The van der Waals surface area contributed by atoms with Gasteiger partial charge in [0.1, 0.15) is 0 Å². The van der Waals surface area contributed by atoms with Crippen LogP contribution >= 0.6 is 0 Å². The summed E-state index contributed by atoms with van der Waals surface area (Å²) in [6.45, 7) is 5.62. The molecule has 1 aliphatic heterocycles. The van der Waals surface area contributed by atoms with Crippen LogP contribution in [0.5, 0.6) is 0 Å². The summed E-state index contributed by atoms with van der Waals surface area (Å²) in [5, 5.41) is 0. The van der Waals surface area contributed by atoms with E-state index < -0.39 is 0 Å². The van der Waals surface area contributed by atoms with E-state index in [0.29, 0.717) is 13.2 Å². The van der Waals surface area contributed by atoms with Crippen molar-refractivity contribution < 1.29 is 9.31 Å². The normalized spacial score (nSPS) is 16.6. The number of rotatable bonds is 1. The van der Waals surface area contributed by atoms with Gasteiger partial charge in [-0.15, -0.1) is 0 Å². The summed E-state index contributed by atoms with van der Waals surface area (Å²) in [6, 6.07) is 6.22. The van der Waals surface area contributed by atoms with Gasteiger partial charge in [-0.3, -0.25) is 0 Å². The lowest BCUT2D eigenvalue weighted by Crippen LogP contribution is -2.34. The molecule has 0 saturated carbocycles. The largest absolute Gasteiger partial charge is 0.494 e. The molecule has 68 valence electrons. The van der Waals surface area contributed by atoms with Crippen molar-refractivity contribution in [1.29, 1.82) is 0 Å². The highest BCUT2D eigenvalue weighted by Gasteiger charge is 2.27. The second-order valence-corrected chi connectivity index (χ2v) is 3.36. The van der Waals surface area contributed by atoms with Crippen LogP contribution < -0.4 is 5.46 Å². The minimum Gasteiger partial charge on any atom is -0.405 e. The van der Waals surface area contributed by atoms with Gasteiger partial charge in [0.05, 0.1) is 13.2 Å². The van der Waals surface area contributed by atoms with Gasteiger partial charge in [0.15, 0.2) is 0 Å². The van der Waals surface area contributed by atoms with Crippen LogP contribution in [0.2, 0.25) is 0 Å². The summed E-state index contributed by atoms with van der Waals surface area (Å²) in [5.41, 5.74) is 3.73. The van der Waals surface area contributed by atoms with E-state index >= 15 is 0 Å². The van der Waals surface area contributed by atoms with Crippen LogP contribution in [0, 0.1) is 13.8 Å². The van der Waals surface area contributed by atoms with Crippen molar-refractivity contribution in [3.8, 4) is 0 Å². The fourth-order valence-electron chi connectivity index (χ4n) is 1.57. The Morgan fingerprint density at radius 2 is 1.85 bits per heavy atom. The molecule has 0 atom stereocenters. The van der Waals surface area contributed by atoms with Crippen molar-refractivity contribution in [2.24, 2.45) is 0 Å². The third kappa shape index (κ3) is 1.62. The van der Waals surface area contributed by atoms with Crippen LogP contribution in [0.1, 0.15) is 11.1 Å². The Kier molecular flexibility index (Phi) is 2.38. The van der Waals surface area contributed by atoms with Gasteiger partial charge in [-0.2, -0.15) is 0 Å². The van der Waals surface area contributed by atoms with Crippen molar-refractivity contribution >= 4 is 12.6 Å². The Hall–Kier alpha value is -0.795. The van der Waals surface area contributed by atoms with Crippen molar-refractivity contribution in [2.45, 2.75) is 13.8 Å². The third-order valence-corrected chi connectivity index (χ3v) is 2.52. The summed E-state index contributed by atoms with van der Waals surface area (Å²) in [7, 11) is -0.139. The van der Waals surface area contributed by atoms with Gasteiger partial charge in [-0.05, 0) is 30.4 Å². The van der Waals surface area contributed by atoms with E-state index in [-0.39, 0.29) is 7.12 Å². The molecule has 1 saturated heterocycles.